The molecule has 4 nitrogen and oxygen atoms in total. The van der Waals surface area contributed by atoms with Gasteiger partial charge in [-0.05, 0) is 37.3 Å². The normalized spacial score (nSPS) is 26.1. The molecule has 6 heteroatoms. The minimum Gasteiger partial charge on any atom is -0.342 e. The molecule has 0 aromatic carbocycles. The molecule has 1 aliphatic carbocycles. The zero-order valence-electron chi connectivity index (χ0n) is 12.0. The Morgan fingerprint density at radius 3 is 2.71 bits per heavy atom. The lowest BCUT2D eigenvalue weighted by Gasteiger charge is -2.39. The molecule has 2 atom stereocenters. The number of piperazine rings is 1. The van der Waals surface area contributed by atoms with Gasteiger partial charge in [-0.3, -0.25) is 9.59 Å². The minimum absolute atomic E-state index is 0.0122. The van der Waals surface area contributed by atoms with E-state index in [4.69, 9.17) is 11.6 Å². The van der Waals surface area contributed by atoms with Crippen molar-refractivity contribution >= 4 is 34.8 Å². The van der Waals surface area contributed by atoms with E-state index in [1.807, 2.05) is 19.1 Å². The maximum Gasteiger partial charge on any atom is 0.246 e. The second-order valence-corrected chi connectivity index (χ2v) is 7.60. The first-order chi connectivity index (χ1) is 10.1. The Bertz CT molecular complexity index is 556. The molecule has 1 saturated heterocycles. The topological polar surface area (TPSA) is 49.4 Å². The average Bonchev–Trinajstić information content (AvgIpc) is 3.18. The largest absolute Gasteiger partial charge is 0.342 e. The van der Waals surface area contributed by atoms with E-state index in [-0.39, 0.29) is 23.9 Å². The predicted molar refractivity (Wildman–Crippen MR) is 83.2 cm³/mol. The van der Waals surface area contributed by atoms with Gasteiger partial charge >= 0.3 is 0 Å². The Morgan fingerprint density at radius 2 is 2.14 bits per heavy atom. The summed E-state index contributed by atoms with van der Waals surface area (Å²) in [7, 11) is 0. The zero-order valence-corrected chi connectivity index (χ0v) is 13.5. The van der Waals surface area contributed by atoms with Gasteiger partial charge in [0, 0.05) is 4.88 Å². The van der Waals surface area contributed by atoms with Gasteiger partial charge in [0.1, 0.15) is 12.1 Å². The van der Waals surface area contributed by atoms with Crippen LogP contribution in [-0.4, -0.2) is 28.8 Å². The highest BCUT2D eigenvalue weighted by Gasteiger charge is 2.47. The van der Waals surface area contributed by atoms with Crippen LogP contribution in [0.1, 0.15) is 37.5 Å². The van der Waals surface area contributed by atoms with E-state index in [0.717, 1.165) is 24.1 Å². The van der Waals surface area contributed by atoms with E-state index < -0.39 is 0 Å². The number of halogens is 1. The number of amides is 2. The third kappa shape index (κ3) is 3.09. The van der Waals surface area contributed by atoms with Crippen LogP contribution in [0.5, 0.6) is 0 Å². The van der Waals surface area contributed by atoms with Gasteiger partial charge < -0.3 is 10.2 Å². The summed E-state index contributed by atoms with van der Waals surface area (Å²) in [5.41, 5.74) is 0. The molecule has 1 aromatic heterocycles. The van der Waals surface area contributed by atoms with Crippen molar-refractivity contribution in [2.24, 2.45) is 5.92 Å². The van der Waals surface area contributed by atoms with Gasteiger partial charge in [-0.15, -0.1) is 11.3 Å². The summed E-state index contributed by atoms with van der Waals surface area (Å²) in [6, 6.07) is 3.11. The third-order valence-electron chi connectivity index (χ3n) is 4.10. The van der Waals surface area contributed by atoms with Crippen LogP contribution >= 0.6 is 22.9 Å². The fourth-order valence-corrected chi connectivity index (χ4v) is 4.03. The number of carbonyl (C=O) groups excluding carboxylic acids is 2. The van der Waals surface area contributed by atoms with Crippen LogP contribution in [0.15, 0.2) is 12.1 Å². The highest BCUT2D eigenvalue weighted by atomic mass is 35.5. The highest BCUT2D eigenvalue weighted by molar-refractivity contribution is 7.16. The molecule has 0 spiro atoms. The van der Waals surface area contributed by atoms with Gasteiger partial charge in [0.05, 0.1) is 10.9 Å². The van der Waals surface area contributed by atoms with Gasteiger partial charge in [-0.2, -0.15) is 0 Å². The van der Waals surface area contributed by atoms with E-state index >= 15 is 0 Å². The number of hydrogen-bond donors (Lipinski definition) is 1. The quantitative estimate of drug-likeness (QED) is 0.904. The Labute approximate surface area is 133 Å². The van der Waals surface area contributed by atoms with Crippen molar-refractivity contribution in [3.63, 3.8) is 0 Å². The molecule has 21 heavy (non-hydrogen) atoms. The third-order valence-corrected chi connectivity index (χ3v) is 5.32. The number of hydrogen-bond acceptors (Lipinski definition) is 3. The smallest absolute Gasteiger partial charge is 0.246 e. The van der Waals surface area contributed by atoms with E-state index in [1.165, 1.54) is 11.3 Å². The number of nitrogens with one attached hydrogen (secondary N) is 1. The summed E-state index contributed by atoms with van der Waals surface area (Å²) in [6.07, 6.45) is 3.64. The van der Waals surface area contributed by atoms with Gasteiger partial charge in [0.25, 0.3) is 0 Å². The van der Waals surface area contributed by atoms with Crippen LogP contribution < -0.4 is 5.32 Å². The van der Waals surface area contributed by atoms with Gasteiger partial charge in [0.2, 0.25) is 11.8 Å². The fraction of sp³-hybridized carbons (Fsp3) is 0.600. The van der Waals surface area contributed by atoms with Crippen LogP contribution in [0.2, 0.25) is 4.34 Å². The van der Waals surface area contributed by atoms with Crippen LogP contribution in [0.25, 0.3) is 0 Å². The molecular formula is C15H19ClN2O2S. The Kier molecular flexibility index (Phi) is 4.22. The summed E-state index contributed by atoms with van der Waals surface area (Å²) in [4.78, 5) is 27.9. The standard InChI is InChI=1S/C15H19ClN2O2S/c1-2-3-11-15(20)18(8-10-6-7-12(16)21-10)13(9-4-5-9)14(19)17-11/h6-7,9,11,13H,2-5,8H2,1H3,(H,17,19). The molecule has 1 saturated carbocycles. The Balaban J connectivity index is 1.83. The van der Waals surface area contributed by atoms with Crippen molar-refractivity contribution in [1.29, 1.82) is 0 Å². The number of thiophene rings is 1. The molecule has 2 heterocycles. The number of nitrogens with zero attached hydrogens (tertiary/aromatic N) is 1. The fourth-order valence-electron chi connectivity index (χ4n) is 2.94. The Morgan fingerprint density at radius 1 is 1.38 bits per heavy atom. The van der Waals surface area contributed by atoms with E-state index in [0.29, 0.717) is 23.2 Å². The predicted octanol–water partition coefficient (Wildman–Crippen LogP) is 2.81. The molecule has 0 radical (unpaired) electrons. The first-order valence-corrected chi connectivity index (χ1v) is 8.64. The summed E-state index contributed by atoms with van der Waals surface area (Å²) in [5, 5.41) is 2.91. The molecule has 2 aliphatic rings. The number of rotatable bonds is 5. The summed E-state index contributed by atoms with van der Waals surface area (Å²) >= 11 is 7.44. The van der Waals surface area contributed by atoms with E-state index in [2.05, 4.69) is 5.32 Å². The van der Waals surface area contributed by atoms with Gasteiger partial charge in [-0.25, -0.2) is 0 Å². The molecule has 2 amide bonds. The lowest BCUT2D eigenvalue weighted by molar-refractivity contribution is -0.151. The monoisotopic (exact) mass is 326 g/mol. The van der Waals surface area contributed by atoms with Crippen LogP contribution in [-0.2, 0) is 16.1 Å². The van der Waals surface area contributed by atoms with Crippen LogP contribution in [0, 0.1) is 5.92 Å². The maximum atomic E-state index is 12.7. The van der Waals surface area contributed by atoms with Crippen molar-refractivity contribution in [1.82, 2.24) is 10.2 Å². The molecule has 1 N–H and O–H groups in total. The molecule has 1 aliphatic heterocycles. The average molecular weight is 327 g/mol. The van der Waals surface area contributed by atoms with Crippen LogP contribution in [0.3, 0.4) is 0 Å². The van der Waals surface area contributed by atoms with E-state index in [9.17, 15) is 9.59 Å². The van der Waals surface area contributed by atoms with E-state index in [1.54, 1.807) is 4.90 Å². The second-order valence-electron chi connectivity index (χ2n) is 5.80. The molecule has 0 bridgehead atoms. The minimum atomic E-state index is -0.368. The van der Waals surface area contributed by atoms with Crippen LogP contribution in [0.4, 0.5) is 0 Å². The van der Waals surface area contributed by atoms with Crippen molar-refractivity contribution < 1.29 is 9.59 Å². The SMILES string of the molecule is CCCC1NC(=O)C(C2CC2)N(Cc2ccc(Cl)s2)C1=O. The first-order valence-electron chi connectivity index (χ1n) is 7.45. The molecule has 114 valence electrons. The first kappa shape index (κ1) is 14.9. The molecular weight excluding hydrogens is 308 g/mol. The van der Waals surface area contributed by atoms with Crippen molar-refractivity contribution in [3.05, 3.63) is 21.3 Å². The molecule has 2 fully saturated rings. The van der Waals surface area contributed by atoms with Gasteiger partial charge in [0.15, 0.2) is 0 Å². The summed E-state index contributed by atoms with van der Waals surface area (Å²) in [6.45, 7) is 2.51. The molecule has 3 rings (SSSR count). The lowest BCUT2D eigenvalue weighted by atomic mass is 10.0. The van der Waals surface area contributed by atoms with Crippen molar-refractivity contribution in [3.8, 4) is 0 Å². The maximum absolute atomic E-state index is 12.7. The summed E-state index contributed by atoms with van der Waals surface area (Å²) in [5.74, 6) is 0.392. The summed E-state index contributed by atoms with van der Waals surface area (Å²) < 4.78 is 0.715. The van der Waals surface area contributed by atoms with Crippen molar-refractivity contribution in [2.75, 3.05) is 0 Å². The highest BCUT2D eigenvalue weighted by Crippen LogP contribution is 2.38. The lowest BCUT2D eigenvalue weighted by Crippen LogP contribution is -2.63. The Hall–Kier alpha value is -1.07. The molecule has 1 aromatic rings. The van der Waals surface area contributed by atoms with Gasteiger partial charge in [-0.1, -0.05) is 24.9 Å². The van der Waals surface area contributed by atoms with Crippen molar-refractivity contribution in [2.45, 2.75) is 51.2 Å². The number of carbonyl (C=O) groups is 2. The second kappa shape index (κ2) is 5.97. The molecule has 2 unspecified atom stereocenters. The zero-order chi connectivity index (χ0) is 15.0.